The van der Waals surface area contributed by atoms with Crippen LogP contribution in [0.3, 0.4) is 0 Å². The van der Waals surface area contributed by atoms with Gasteiger partial charge in [0, 0.05) is 25.4 Å². The zero-order valence-corrected chi connectivity index (χ0v) is 12.2. The number of hydrogen-bond donors (Lipinski definition) is 1. The number of fused-ring (bicyclic) bond motifs is 1. The van der Waals surface area contributed by atoms with Gasteiger partial charge in [0.25, 0.3) is 0 Å². The van der Waals surface area contributed by atoms with Gasteiger partial charge in [-0.2, -0.15) is 0 Å². The average Bonchev–Trinajstić information content (AvgIpc) is 2.70. The molecule has 0 saturated carbocycles. The number of alkyl halides is 1. The Labute approximate surface area is 115 Å². The summed E-state index contributed by atoms with van der Waals surface area (Å²) < 4.78 is 5.91. The summed E-state index contributed by atoms with van der Waals surface area (Å²) >= 11 is 5.91. The smallest absolute Gasteiger partial charge is 0.123 e. The number of ether oxygens (including phenoxy) is 1. The first-order valence-corrected chi connectivity index (χ1v) is 7.06. The van der Waals surface area contributed by atoms with Gasteiger partial charge in [-0.3, -0.25) is 0 Å². The van der Waals surface area contributed by atoms with Crippen molar-refractivity contribution in [1.82, 2.24) is 5.32 Å². The lowest BCUT2D eigenvalue weighted by molar-refractivity contribution is 0.220. The maximum Gasteiger partial charge on any atom is 0.123 e. The summed E-state index contributed by atoms with van der Waals surface area (Å²) in [5.41, 5.74) is 2.77. The molecule has 1 heterocycles. The number of rotatable bonds is 5. The van der Waals surface area contributed by atoms with E-state index in [9.17, 15) is 0 Å². The zero-order valence-electron chi connectivity index (χ0n) is 11.4. The van der Waals surface area contributed by atoms with Gasteiger partial charge in [0.1, 0.15) is 11.9 Å². The van der Waals surface area contributed by atoms with E-state index in [2.05, 4.69) is 44.3 Å². The molecule has 1 unspecified atom stereocenters. The molecule has 2 nitrogen and oxygen atoms in total. The lowest BCUT2D eigenvalue weighted by Crippen LogP contribution is -2.37. The van der Waals surface area contributed by atoms with Crippen LogP contribution in [-0.4, -0.2) is 25.1 Å². The van der Waals surface area contributed by atoms with Gasteiger partial charge in [0.05, 0.1) is 0 Å². The third kappa shape index (κ3) is 3.39. The van der Waals surface area contributed by atoms with Gasteiger partial charge < -0.3 is 10.1 Å². The van der Waals surface area contributed by atoms with Crippen molar-refractivity contribution in [3.63, 3.8) is 0 Å². The van der Waals surface area contributed by atoms with Crippen LogP contribution in [0.1, 0.15) is 25.0 Å². The molecule has 3 heteroatoms. The van der Waals surface area contributed by atoms with Gasteiger partial charge >= 0.3 is 0 Å². The molecule has 2 rings (SSSR count). The standard InChI is InChI=1S/C15H22ClNO/c1-11-4-5-14-12(6-11)7-13(18-14)8-17-10-15(2,3)9-16/h4-6,13,17H,7-10H2,1-3H3. The lowest BCUT2D eigenvalue weighted by atomic mass is 9.96. The topological polar surface area (TPSA) is 21.3 Å². The van der Waals surface area contributed by atoms with Crippen molar-refractivity contribution in [3.8, 4) is 5.75 Å². The minimum atomic E-state index is 0.142. The van der Waals surface area contributed by atoms with E-state index in [0.29, 0.717) is 5.88 Å². The molecule has 0 aromatic heterocycles. The van der Waals surface area contributed by atoms with Gasteiger partial charge in [0.2, 0.25) is 0 Å². The Morgan fingerprint density at radius 3 is 2.94 bits per heavy atom. The number of halogens is 1. The molecule has 0 amide bonds. The molecule has 1 N–H and O–H groups in total. The fourth-order valence-corrected chi connectivity index (χ4v) is 2.28. The van der Waals surface area contributed by atoms with Crippen LogP contribution in [0, 0.1) is 12.3 Å². The minimum absolute atomic E-state index is 0.142. The molecule has 1 aliphatic rings. The summed E-state index contributed by atoms with van der Waals surface area (Å²) in [5.74, 6) is 1.72. The van der Waals surface area contributed by atoms with E-state index in [4.69, 9.17) is 16.3 Å². The summed E-state index contributed by atoms with van der Waals surface area (Å²) in [5, 5.41) is 3.46. The fraction of sp³-hybridized carbons (Fsp3) is 0.600. The molecule has 0 aliphatic carbocycles. The third-order valence-corrected chi connectivity index (χ3v) is 4.02. The van der Waals surface area contributed by atoms with Crippen LogP contribution in [0.2, 0.25) is 0 Å². The van der Waals surface area contributed by atoms with Crippen LogP contribution in [0.5, 0.6) is 5.75 Å². The third-order valence-electron chi connectivity index (χ3n) is 3.29. The summed E-state index contributed by atoms with van der Waals surface area (Å²) in [6, 6.07) is 6.40. The van der Waals surface area contributed by atoms with Gasteiger partial charge in [-0.1, -0.05) is 31.5 Å². The molecule has 0 spiro atoms. The quantitative estimate of drug-likeness (QED) is 0.828. The van der Waals surface area contributed by atoms with Crippen LogP contribution in [-0.2, 0) is 6.42 Å². The van der Waals surface area contributed by atoms with Crippen LogP contribution in [0.25, 0.3) is 0 Å². The average molecular weight is 268 g/mol. The molecule has 1 aromatic carbocycles. The number of nitrogens with one attached hydrogen (secondary N) is 1. The first-order valence-electron chi connectivity index (χ1n) is 6.53. The number of aryl methyl sites for hydroxylation is 1. The second-order valence-electron chi connectivity index (χ2n) is 5.98. The maximum atomic E-state index is 5.91. The van der Waals surface area contributed by atoms with Crippen molar-refractivity contribution in [2.75, 3.05) is 19.0 Å². The van der Waals surface area contributed by atoms with E-state index in [-0.39, 0.29) is 11.5 Å². The predicted molar refractivity (Wildman–Crippen MR) is 76.7 cm³/mol. The van der Waals surface area contributed by atoms with Gasteiger partial charge in [-0.15, -0.1) is 11.6 Å². The Bertz CT molecular complexity index is 417. The summed E-state index contributed by atoms with van der Waals surface area (Å²) in [4.78, 5) is 0. The molecule has 100 valence electrons. The van der Waals surface area contributed by atoms with Crippen molar-refractivity contribution in [2.45, 2.75) is 33.3 Å². The summed E-state index contributed by atoms with van der Waals surface area (Å²) in [6.07, 6.45) is 1.26. The lowest BCUT2D eigenvalue weighted by Gasteiger charge is -2.22. The van der Waals surface area contributed by atoms with Crippen molar-refractivity contribution < 1.29 is 4.74 Å². The highest BCUT2D eigenvalue weighted by atomic mass is 35.5. The normalized spacial score (nSPS) is 18.6. The zero-order chi connectivity index (χ0) is 13.2. The van der Waals surface area contributed by atoms with E-state index in [1.165, 1.54) is 11.1 Å². The van der Waals surface area contributed by atoms with E-state index < -0.39 is 0 Å². The first-order chi connectivity index (χ1) is 8.50. The van der Waals surface area contributed by atoms with Gasteiger partial charge in [0.15, 0.2) is 0 Å². The van der Waals surface area contributed by atoms with Crippen molar-refractivity contribution in [2.24, 2.45) is 5.41 Å². The van der Waals surface area contributed by atoms with E-state index in [1.807, 2.05) is 0 Å². The first kappa shape index (κ1) is 13.7. The number of benzene rings is 1. The molecular weight excluding hydrogens is 246 g/mol. The predicted octanol–water partition coefficient (Wildman–Crippen LogP) is 3.15. The SMILES string of the molecule is Cc1ccc2c(c1)CC(CNCC(C)(C)CCl)O2. The molecular formula is C15H22ClNO. The highest BCUT2D eigenvalue weighted by Gasteiger charge is 2.23. The van der Waals surface area contributed by atoms with E-state index >= 15 is 0 Å². The molecule has 0 fully saturated rings. The largest absolute Gasteiger partial charge is 0.488 e. The van der Waals surface area contributed by atoms with Crippen LogP contribution < -0.4 is 10.1 Å². The van der Waals surface area contributed by atoms with Gasteiger partial charge in [-0.25, -0.2) is 0 Å². The Hall–Kier alpha value is -0.730. The van der Waals surface area contributed by atoms with Crippen LogP contribution >= 0.6 is 11.6 Å². The summed E-state index contributed by atoms with van der Waals surface area (Å²) in [7, 11) is 0. The number of hydrogen-bond acceptors (Lipinski definition) is 2. The second kappa shape index (κ2) is 5.50. The molecule has 0 bridgehead atoms. The molecule has 1 aromatic rings. The Kier molecular flexibility index (Phi) is 4.18. The molecule has 0 radical (unpaired) electrons. The molecule has 1 atom stereocenters. The van der Waals surface area contributed by atoms with Gasteiger partial charge in [-0.05, 0) is 24.0 Å². The maximum absolute atomic E-state index is 5.91. The second-order valence-corrected chi connectivity index (χ2v) is 6.25. The van der Waals surface area contributed by atoms with Crippen molar-refractivity contribution in [3.05, 3.63) is 29.3 Å². The highest BCUT2D eigenvalue weighted by molar-refractivity contribution is 6.18. The Balaban J connectivity index is 1.81. The van der Waals surface area contributed by atoms with Crippen LogP contribution in [0.15, 0.2) is 18.2 Å². The Morgan fingerprint density at radius 2 is 2.22 bits per heavy atom. The minimum Gasteiger partial charge on any atom is -0.488 e. The van der Waals surface area contributed by atoms with Crippen molar-refractivity contribution in [1.29, 1.82) is 0 Å². The Morgan fingerprint density at radius 1 is 1.44 bits per heavy atom. The fourth-order valence-electron chi connectivity index (χ4n) is 2.18. The summed E-state index contributed by atoms with van der Waals surface area (Å²) in [6.45, 7) is 8.26. The molecule has 18 heavy (non-hydrogen) atoms. The van der Waals surface area contributed by atoms with Crippen LogP contribution in [0.4, 0.5) is 0 Å². The van der Waals surface area contributed by atoms with Crippen molar-refractivity contribution >= 4 is 11.6 Å². The molecule has 0 saturated heterocycles. The van der Waals surface area contributed by atoms with E-state index in [0.717, 1.165) is 25.3 Å². The monoisotopic (exact) mass is 267 g/mol. The highest BCUT2D eigenvalue weighted by Crippen LogP contribution is 2.29. The van der Waals surface area contributed by atoms with E-state index in [1.54, 1.807) is 0 Å². The molecule has 1 aliphatic heterocycles.